The van der Waals surface area contributed by atoms with Crippen molar-refractivity contribution < 1.29 is 8.83 Å². The monoisotopic (exact) mass is 652 g/mol. The number of aromatic nitrogens is 2. The van der Waals surface area contributed by atoms with Gasteiger partial charge in [0.2, 0.25) is 0 Å². The van der Waals surface area contributed by atoms with E-state index in [1.807, 2.05) is 0 Å². The Morgan fingerprint density at radius 2 is 0.792 bits per heavy atom. The van der Waals surface area contributed by atoms with Gasteiger partial charge in [-0.25, -0.2) is 0 Å². The molecule has 4 heterocycles. The third-order valence-corrected chi connectivity index (χ3v) is 11.7. The molecule has 0 saturated carbocycles. The summed E-state index contributed by atoms with van der Waals surface area (Å²) in [6.07, 6.45) is 0. The summed E-state index contributed by atoms with van der Waals surface area (Å²) >= 11 is 3.52. The van der Waals surface area contributed by atoms with Gasteiger partial charge in [-0.15, -0.1) is 22.7 Å². The van der Waals surface area contributed by atoms with E-state index in [2.05, 4.69) is 154 Å². The molecule has 0 aliphatic carbocycles. The van der Waals surface area contributed by atoms with Crippen LogP contribution in [0.4, 0.5) is 0 Å². The van der Waals surface area contributed by atoms with E-state index in [0.717, 1.165) is 87.1 Å². The zero-order valence-electron chi connectivity index (χ0n) is 25.4. The molecule has 0 saturated heterocycles. The van der Waals surface area contributed by atoms with Crippen molar-refractivity contribution in [2.45, 2.75) is 0 Å². The predicted octanol–water partition coefficient (Wildman–Crippen LogP) is 12.9. The normalized spacial score (nSPS) is 12.2. The molecular weight excluding hydrogens is 629 g/mol. The second-order valence-corrected chi connectivity index (χ2v) is 14.2. The molecule has 0 fully saturated rings. The lowest BCUT2D eigenvalue weighted by Gasteiger charge is -2.20. The topological polar surface area (TPSA) is 35.1 Å². The first-order valence-corrected chi connectivity index (χ1v) is 17.6. The van der Waals surface area contributed by atoms with Gasteiger partial charge in [-0.1, -0.05) is 97.1 Å². The number of hydrogen-bond acceptors (Lipinski definition) is 4. The maximum absolute atomic E-state index is 7.09. The van der Waals surface area contributed by atoms with Crippen molar-refractivity contribution >= 4 is 96.9 Å². The summed E-state index contributed by atoms with van der Waals surface area (Å²) in [5, 5.41) is 0. The van der Waals surface area contributed by atoms with Crippen molar-refractivity contribution in [1.82, 2.24) is 8.80 Å². The van der Waals surface area contributed by atoms with Gasteiger partial charge >= 0.3 is 0 Å². The Bertz CT molecular complexity index is 2900. The van der Waals surface area contributed by atoms with Crippen molar-refractivity contribution in [2.75, 3.05) is 0 Å². The second kappa shape index (κ2) is 9.84. The Labute approximate surface area is 281 Å². The Hall–Kier alpha value is -5.82. The molecule has 0 amide bonds. The van der Waals surface area contributed by atoms with E-state index < -0.39 is 0 Å². The van der Waals surface area contributed by atoms with Gasteiger partial charge in [-0.05, 0) is 70.8 Å². The molecule has 0 spiro atoms. The Kier molecular flexibility index (Phi) is 5.39. The van der Waals surface area contributed by atoms with Crippen LogP contribution in [-0.4, -0.2) is 8.80 Å². The Balaban J connectivity index is 1.39. The maximum Gasteiger partial charge on any atom is 0.172 e. The quantitative estimate of drug-likeness (QED) is 0.138. The van der Waals surface area contributed by atoms with Gasteiger partial charge in [0.15, 0.2) is 22.3 Å². The maximum atomic E-state index is 7.09. The smallest absolute Gasteiger partial charge is 0.172 e. The third kappa shape index (κ3) is 3.64. The summed E-state index contributed by atoms with van der Waals surface area (Å²) < 4.78 is 23.4. The molecule has 11 rings (SSSR count). The van der Waals surface area contributed by atoms with E-state index in [9.17, 15) is 0 Å². The summed E-state index contributed by atoms with van der Waals surface area (Å²) in [4.78, 5) is 0. The molecule has 6 heteroatoms. The zero-order valence-corrected chi connectivity index (χ0v) is 27.0. The van der Waals surface area contributed by atoms with Gasteiger partial charge in [0.1, 0.15) is 20.4 Å². The minimum atomic E-state index is 0.836. The largest absolute Gasteiger partial charge is 0.451 e. The minimum absolute atomic E-state index is 0.836. The fraction of sp³-hybridized carbons (Fsp3) is 0. The Morgan fingerprint density at radius 3 is 1.25 bits per heavy atom. The molecule has 0 aliphatic heterocycles. The fourth-order valence-corrected chi connectivity index (χ4v) is 9.52. The van der Waals surface area contributed by atoms with Crippen LogP contribution in [0.25, 0.3) is 96.5 Å². The summed E-state index contributed by atoms with van der Waals surface area (Å²) in [5.74, 6) is 0. The van der Waals surface area contributed by atoms with E-state index in [0.29, 0.717) is 0 Å². The number of fused-ring (bicyclic) bond motifs is 10. The van der Waals surface area contributed by atoms with E-state index in [1.165, 1.54) is 9.40 Å². The van der Waals surface area contributed by atoms with E-state index in [4.69, 9.17) is 8.83 Å². The van der Waals surface area contributed by atoms with Gasteiger partial charge in [-0.3, -0.25) is 0 Å². The van der Waals surface area contributed by atoms with Crippen LogP contribution < -0.4 is 0 Å². The van der Waals surface area contributed by atoms with Crippen molar-refractivity contribution in [3.63, 3.8) is 0 Å². The molecule has 4 nitrogen and oxygen atoms in total. The number of para-hydroxylation sites is 2. The number of benzene rings is 7. The highest BCUT2D eigenvalue weighted by atomic mass is 32.1. The van der Waals surface area contributed by atoms with Crippen LogP contribution in [0, 0.1) is 0 Å². The van der Waals surface area contributed by atoms with Gasteiger partial charge in [0, 0.05) is 0 Å². The predicted molar refractivity (Wildman–Crippen MR) is 202 cm³/mol. The molecular formula is C42H24N2O2S2. The third-order valence-electron chi connectivity index (χ3n) is 9.40. The lowest BCUT2D eigenvalue weighted by Crippen LogP contribution is -2.00. The molecule has 0 bridgehead atoms. The summed E-state index contributed by atoms with van der Waals surface area (Å²) in [7, 11) is 0. The van der Waals surface area contributed by atoms with Crippen molar-refractivity contribution in [3.8, 4) is 22.3 Å². The molecule has 226 valence electrons. The molecule has 0 N–H and O–H groups in total. The van der Waals surface area contributed by atoms with Crippen LogP contribution in [0.1, 0.15) is 0 Å². The molecule has 0 unspecified atom stereocenters. The van der Waals surface area contributed by atoms with Crippen LogP contribution in [0.2, 0.25) is 0 Å². The molecule has 11 aromatic rings. The lowest BCUT2D eigenvalue weighted by atomic mass is 10.1. The number of nitrogens with zero attached hydrogens (tertiary/aromatic N) is 2. The zero-order chi connectivity index (χ0) is 31.3. The average molecular weight is 653 g/mol. The van der Waals surface area contributed by atoms with Crippen LogP contribution >= 0.6 is 22.7 Å². The second-order valence-electron chi connectivity index (χ2n) is 12.1. The van der Waals surface area contributed by atoms with Gasteiger partial charge in [0.25, 0.3) is 0 Å². The fourth-order valence-electron chi connectivity index (χ4n) is 7.24. The van der Waals surface area contributed by atoms with Crippen molar-refractivity contribution in [2.24, 2.45) is 0 Å². The van der Waals surface area contributed by atoms with E-state index >= 15 is 0 Å². The highest BCUT2D eigenvalue weighted by Gasteiger charge is 2.24. The minimum Gasteiger partial charge on any atom is -0.451 e. The number of hydrogen-bond donors (Lipinski definition) is 0. The highest BCUT2D eigenvalue weighted by molar-refractivity contribution is 7.27. The average Bonchev–Trinajstić information content (AvgIpc) is 3.16. The lowest BCUT2D eigenvalue weighted by molar-refractivity contribution is 0.653. The summed E-state index contributed by atoms with van der Waals surface area (Å²) in [5.41, 5.74) is 14.3. The van der Waals surface area contributed by atoms with Crippen LogP contribution in [0.15, 0.2) is 154 Å². The highest BCUT2D eigenvalue weighted by Crippen LogP contribution is 2.46. The number of rotatable bonds is 2. The molecule has 48 heavy (non-hydrogen) atoms. The van der Waals surface area contributed by atoms with Gasteiger partial charge < -0.3 is 17.6 Å². The molecule has 0 atom stereocenters. The van der Waals surface area contributed by atoms with Crippen LogP contribution in [0.3, 0.4) is 0 Å². The Morgan fingerprint density at radius 1 is 0.375 bits per heavy atom. The summed E-state index contributed by atoms with van der Waals surface area (Å²) in [6, 6.07) is 51.4. The van der Waals surface area contributed by atoms with Crippen molar-refractivity contribution in [3.05, 3.63) is 146 Å². The first kappa shape index (κ1) is 26.3. The molecule has 4 aromatic heterocycles. The van der Waals surface area contributed by atoms with Gasteiger partial charge in [-0.2, -0.15) is 0 Å². The summed E-state index contributed by atoms with van der Waals surface area (Å²) in [6.45, 7) is 0. The van der Waals surface area contributed by atoms with E-state index in [1.54, 1.807) is 22.7 Å². The molecule has 0 aliphatic rings. The first-order valence-electron chi connectivity index (χ1n) is 15.9. The van der Waals surface area contributed by atoms with E-state index in [-0.39, 0.29) is 0 Å². The SMILES string of the molecule is c1ccc(-c2ccc3c(c2)oc2c4sc5ccccc5n5c6ccc(-c7ccccc7)cc6oc(c6sc7ccccc7n3c26)c45)cc1. The van der Waals surface area contributed by atoms with Gasteiger partial charge in [0.05, 0.1) is 31.5 Å². The molecule has 7 aromatic carbocycles. The first-order chi connectivity index (χ1) is 23.8. The van der Waals surface area contributed by atoms with Crippen LogP contribution in [-0.2, 0) is 0 Å². The molecule has 0 radical (unpaired) electrons. The van der Waals surface area contributed by atoms with Crippen LogP contribution in [0.5, 0.6) is 0 Å². The standard InChI is InChI=1S/C42H24N2O2S2/c1-3-11-25(12-4-1)27-19-21-29-33(23-27)45-39-37-42(48-35-17-9-7-15-31(35)43(29)37)40-38-41(39)47-36-18-10-8-16-32(36)44(38)30-22-20-28(24-34(30)46-40)26-13-5-2-6-14-26/h1-24H. The van der Waals surface area contributed by atoms with Crippen molar-refractivity contribution in [1.29, 1.82) is 0 Å².